The molecule has 124 valence electrons. The Bertz CT molecular complexity index is 893. The highest BCUT2D eigenvalue weighted by atomic mass is 79.9. The van der Waals surface area contributed by atoms with E-state index in [1.807, 2.05) is 30.3 Å². The lowest BCUT2D eigenvalue weighted by Crippen LogP contribution is -2.22. The summed E-state index contributed by atoms with van der Waals surface area (Å²) in [4.78, 5) is 21.4. The van der Waals surface area contributed by atoms with Crippen molar-refractivity contribution in [3.63, 3.8) is 0 Å². The van der Waals surface area contributed by atoms with E-state index in [9.17, 15) is 4.79 Å². The van der Waals surface area contributed by atoms with Gasteiger partial charge in [0.15, 0.2) is 0 Å². The Morgan fingerprint density at radius 2 is 2.00 bits per heavy atom. The van der Waals surface area contributed by atoms with Gasteiger partial charge >= 0.3 is 0 Å². The van der Waals surface area contributed by atoms with Gasteiger partial charge in [0.2, 0.25) is 5.95 Å². The van der Waals surface area contributed by atoms with Crippen LogP contribution in [0, 0.1) is 0 Å². The van der Waals surface area contributed by atoms with Crippen molar-refractivity contribution < 1.29 is 0 Å². The second-order valence-corrected chi connectivity index (χ2v) is 6.47. The summed E-state index contributed by atoms with van der Waals surface area (Å²) in [6.07, 6.45) is 4.89. The van der Waals surface area contributed by atoms with Gasteiger partial charge in [-0.1, -0.05) is 38.0 Å². The number of para-hydroxylation sites is 1. The quantitative estimate of drug-likeness (QED) is 0.634. The number of fused-ring (bicyclic) bond motifs is 1. The van der Waals surface area contributed by atoms with Crippen LogP contribution in [0.25, 0.3) is 11.0 Å². The number of benzene rings is 1. The van der Waals surface area contributed by atoms with Gasteiger partial charge in [0.1, 0.15) is 5.65 Å². The third-order valence-corrected chi connectivity index (χ3v) is 4.37. The fourth-order valence-electron chi connectivity index (χ4n) is 2.56. The molecule has 1 aromatic carbocycles. The van der Waals surface area contributed by atoms with Crippen LogP contribution in [0.5, 0.6) is 0 Å². The van der Waals surface area contributed by atoms with Crippen LogP contribution in [0.2, 0.25) is 0 Å². The minimum absolute atomic E-state index is 0.0528. The van der Waals surface area contributed by atoms with Crippen LogP contribution >= 0.6 is 15.9 Å². The molecule has 0 radical (unpaired) electrons. The summed E-state index contributed by atoms with van der Waals surface area (Å²) in [7, 11) is 0. The molecule has 3 aromatic rings. The second kappa shape index (κ2) is 7.57. The zero-order valence-electron chi connectivity index (χ0n) is 13.5. The molecule has 0 fully saturated rings. The van der Waals surface area contributed by atoms with E-state index in [4.69, 9.17) is 0 Å². The SMILES string of the molecule is CCCCCn1c(=O)c(Br)cc2cnc(Nc3ccccc3)nc21. The van der Waals surface area contributed by atoms with Crippen LogP contribution < -0.4 is 10.9 Å². The number of aryl methyl sites for hydroxylation is 1. The Labute approximate surface area is 148 Å². The molecule has 0 bridgehead atoms. The van der Waals surface area contributed by atoms with E-state index >= 15 is 0 Å². The van der Waals surface area contributed by atoms with E-state index in [-0.39, 0.29) is 5.56 Å². The lowest BCUT2D eigenvalue weighted by molar-refractivity contribution is 0.597. The maximum Gasteiger partial charge on any atom is 0.266 e. The molecule has 0 spiro atoms. The van der Waals surface area contributed by atoms with E-state index in [1.54, 1.807) is 16.8 Å². The summed E-state index contributed by atoms with van der Waals surface area (Å²) in [6.45, 7) is 2.80. The third-order valence-electron chi connectivity index (χ3n) is 3.80. The molecule has 2 aromatic heterocycles. The maximum absolute atomic E-state index is 12.5. The molecule has 0 saturated carbocycles. The highest BCUT2D eigenvalue weighted by molar-refractivity contribution is 9.10. The summed E-state index contributed by atoms with van der Waals surface area (Å²) in [5.41, 5.74) is 1.52. The number of nitrogens with zero attached hydrogens (tertiary/aromatic N) is 3. The smallest absolute Gasteiger partial charge is 0.266 e. The fraction of sp³-hybridized carbons (Fsp3) is 0.278. The zero-order valence-corrected chi connectivity index (χ0v) is 15.1. The molecule has 0 aliphatic heterocycles. The van der Waals surface area contributed by atoms with Gasteiger partial charge in [0, 0.05) is 23.8 Å². The predicted molar refractivity (Wildman–Crippen MR) is 101 cm³/mol. The van der Waals surface area contributed by atoms with Gasteiger partial charge < -0.3 is 5.32 Å². The molecule has 1 N–H and O–H groups in total. The van der Waals surface area contributed by atoms with Crippen molar-refractivity contribution in [3.05, 3.63) is 57.4 Å². The monoisotopic (exact) mass is 386 g/mol. The average Bonchev–Trinajstić information content (AvgIpc) is 2.60. The molecular weight excluding hydrogens is 368 g/mol. The van der Waals surface area contributed by atoms with Crippen molar-refractivity contribution >= 4 is 38.6 Å². The number of anilines is 2. The molecule has 24 heavy (non-hydrogen) atoms. The van der Waals surface area contributed by atoms with Crippen LogP contribution in [-0.4, -0.2) is 14.5 Å². The van der Waals surface area contributed by atoms with Gasteiger partial charge in [-0.15, -0.1) is 0 Å². The first-order valence-electron chi connectivity index (χ1n) is 8.07. The molecule has 3 rings (SSSR count). The number of pyridine rings is 1. The van der Waals surface area contributed by atoms with E-state index in [0.29, 0.717) is 22.6 Å². The van der Waals surface area contributed by atoms with Gasteiger partial charge in [-0.25, -0.2) is 4.98 Å². The third kappa shape index (κ3) is 3.64. The number of halogens is 1. The van der Waals surface area contributed by atoms with Gasteiger partial charge in [0.05, 0.1) is 4.47 Å². The van der Waals surface area contributed by atoms with Gasteiger partial charge in [0.25, 0.3) is 5.56 Å². The maximum atomic E-state index is 12.5. The molecule has 0 aliphatic rings. The molecule has 0 atom stereocenters. The van der Waals surface area contributed by atoms with Crippen molar-refractivity contribution in [1.82, 2.24) is 14.5 Å². The number of hydrogen-bond acceptors (Lipinski definition) is 4. The molecule has 0 saturated heterocycles. The Balaban J connectivity index is 2.01. The van der Waals surface area contributed by atoms with Gasteiger partial charge in [-0.2, -0.15) is 4.98 Å². The van der Waals surface area contributed by atoms with Crippen molar-refractivity contribution in [2.45, 2.75) is 32.7 Å². The highest BCUT2D eigenvalue weighted by Gasteiger charge is 2.10. The molecule has 0 aliphatic carbocycles. The number of rotatable bonds is 6. The Morgan fingerprint density at radius 3 is 2.75 bits per heavy atom. The van der Waals surface area contributed by atoms with Crippen LogP contribution in [0.15, 0.2) is 51.9 Å². The standard InChI is InChI=1S/C18H19BrN4O/c1-2-3-7-10-23-16-13(11-15(19)17(23)24)12-20-18(22-16)21-14-8-5-4-6-9-14/h4-6,8-9,11-12H,2-3,7,10H2,1H3,(H,20,21,22). The zero-order chi connectivity index (χ0) is 16.9. The molecule has 5 nitrogen and oxygen atoms in total. The minimum atomic E-state index is -0.0528. The average molecular weight is 387 g/mol. The molecular formula is C18H19BrN4O. The summed E-state index contributed by atoms with van der Waals surface area (Å²) < 4.78 is 2.27. The van der Waals surface area contributed by atoms with Crippen LogP contribution in [-0.2, 0) is 6.54 Å². The van der Waals surface area contributed by atoms with Crippen molar-refractivity contribution in [2.75, 3.05) is 5.32 Å². The van der Waals surface area contributed by atoms with Crippen LogP contribution in [0.1, 0.15) is 26.2 Å². The molecule has 6 heteroatoms. The summed E-state index contributed by atoms with van der Waals surface area (Å²) in [6, 6.07) is 11.5. The number of hydrogen-bond donors (Lipinski definition) is 1. The van der Waals surface area contributed by atoms with Gasteiger partial charge in [-0.3, -0.25) is 9.36 Å². The first-order chi connectivity index (χ1) is 11.7. The first kappa shape index (κ1) is 16.6. The normalized spacial score (nSPS) is 10.9. The van der Waals surface area contributed by atoms with Gasteiger partial charge in [-0.05, 0) is 40.5 Å². The molecule has 2 heterocycles. The van der Waals surface area contributed by atoms with Crippen molar-refractivity contribution in [3.8, 4) is 0 Å². The number of aromatic nitrogens is 3. The summed E-state index contributed by atoms with van der Waals surface area (Å²) in [5, 5.41) is 4.02. The number of nitrogens with one attached hydrogen (secondary N) is 1. The van der Waals surface area contributed by atoms with E-state index < -0.39 is 0 Å². The van der Waals surface area contributed by atoms with E-state index in [0.717, 1.165) is 30.3 Å². The Kier molecular flexibility index (Phi) is 5.25. The first-order valence-corrected chi connectivity index (χ1v) is 8.86. The molecule has 0 unspecified atom stereocenters. The summed E-state index contributed by atoms with van der Waals surface area (Å²) in [5.74, 6) is 0.486. The fourth-order valence-corrected chi connectivity index (χ4v) is 3.02. The van der Waals surface area contributed by atoms with Crippen LogP contribution in [0.3, 0.4) is 0 Å². The lowest BCUT2D eigenvalue weighted by Gasteiger charge is -2.11. The highest BCUT2D eigenvalue weighted by Crippen LogP contribution is 2.18. The Morgan fingerprint density at radius 1 is 1.21 bits per heavy atom. The van der Waals surface area contributed by atoms with Crippen molar-refractivity contribution in [2.24, 2.45) is 0 Å². The van der Waals surface area contributed by atoms with E-state index in [1.165, 1.54) is 0 Å². The minimum Gasteiger partial charge on any atom is -0.324 e. The topological polar surface area (TPSA) is 59.8 Å². The largest absolute Gasteiger partial charge is 0.324 e. The summed E-state index contributed by atoms with van der Waals surface area (Å²) >= 11 is 3.34. The molecule has 0 amide bonds. The van der Waals surface area contributed by atoms with E-state index in [2.05, 4.69) is 38.1 Å². The van der Waals surface area contributed by atoms with Crippen molar-refractivity contribution in [1.29, 1.82) is 0 Å². The number of unbranched alkanes of at least 4 members (excludes halogenated alkanes) is 2. The predicted octanol–water partition coefficient (Wildman–Crippen LogP) is 4.49. The van der Waals surface area contributed by atoms with Crippen LogP contribution in [0.4, 0.5) is 11.6 Å². The lowest BCUT2D eigenvalue weighted by atomic mass is 10.2. The Hall–Kier alpha value is -2.21. The second-order valence-electron chi connectivity index (χ2n) is 5.62.